The van der Waals surface area contributed by atoms with Gasteiger partial charge in [-0.25, -0.2) is 0 Å². The van der Waals surface area contributed by atoms with E-state index in [9.17, 15) is 9.90 Å². The van der Waals surface area contributed by atoms with Crippen molar-refractivity contribution in [2.45, 2.75) is 26.4 Å². The number of hydrogen-bond acceptors (Lipinski definition) is 4. The molecule has 22 heavy (non-hydrogen) atoms. The summed E-state index contributed by atoms with van der Waals surface area (Å²) in [5.74, 6) is 0.295. The first-order valence-corrected chi connectivity index (χ1v) is 7.27. The Labute approximate surface area is 130 Å². The highest BCUT2D eigenvalue weighted by molar-refractivity contribution is 5.97. The topological polar surface area (TPSA) is 66.8 Å². The highest BCUT2D eigenvalue weighted by Gasteiger charge is 2.16. The fraction of sp³-hybridized carbons (Fsp3) is 0.278. The van der Waals surface area contributed by atoms with Gasteiger partial charge in [-0.1, -0.05) is 30.3 Å². The number of aliphatic hydroxyl groups excluding tert-OH is 1. The standard InChI is InChI=1S/C18H20O4/c1-13(20)15-9-10-17(16(18(15)21)8-5-11-19)22-12-14-6-3-2-4-7-14/h2-4,6-7,9-10,19,21H,5,8,11-12H2,1H3. The molecule has 2 aromatic carbocycles. The lowest BCUT2D eigenvalue weighted by Crippen LogP contribution is -2.03. The first-order chi connectivity index (χ1) is 10.6. The Kier molecular flexibility index (Phi) is 5.55. The van der Waals surface area contributed by atoms with E-state index in [1.165, 1.54) is 6.92 Å². The summed E-state index contributed by atoms with van der Waals surface area (Å²) < 4.78 is 5.78. The van der Waals surface area contributed by atoms with Gasteiger partial charge >= 0.3 is 0 Å². The average Bonchev–Trinajstić information content (AvgIpc) is 2.52. The second kappa shape index (κ2) is 7.61. The molecule has 0 bridgehead atoms. The minimum Gasteiger partial charge on any atom is -0.507 e. The number of aliphatic hydroxyl groups is 1. The number of hydrogen-bond donors (Lipinski definition) is 2. The van der Waals surface area contributed by atoms with Gasteiger partial charge in [-0.05, 0) is 37.5 Å². The molecule has 0 aliphatic heterocycles. The van der Waals surface area contributed by atoms with Crippen LogP contribution in [0.3, 0.4) is 0 Å². The van der Waals surface area contributed by atoms with Crippen molar-refractivity contribution < 1.29 is 19.7 Å². The highest BCUT2D eigenvalue weighted by Crippen LogP contribution is 2.33. The number of ketones is 1. The number of phenolic OH excluding ortho intramolecular Hbond substituents is 1. The van der Waals surface area contributed by atoms with Crippen LogP contribution >= 0.6 is 0 Å². The number of ether oxygens (including phenoxy) is 1. The molecular weight excluding hydrogens is 280 g/mol. The maximum Gasteiger partial charge on any atom is 0.163 e. The summed E-state index contributed by atoms with van der Waals surface area (Å²) in [5.41, 5.74) is 1.86. The lowest BCUT2D eigenvalue weighted by Gasteiger charge is -2.15. The summed E-state index contributed by atoms with van der Waals surface area (Å²) in [6, 6.07) is 13.0. The predicted octanol–water partition coefficient (Wildman–Crippen LogP) is 3.10. The SMILES string of the molecule is CC(=O)c1ccc(OCc2ccccc2)c(CCCO)c1O. The van der Waals surface area contributed by atoms with Crippen molar-refractivity contribution >= 4 is 5.78 Å². The van der Waals surface area contributed by atoms with Crippen molar-refractivity contribution in [2.24, 2.45) is 0 Å². The van der Waals surface area contributed by atoms with Gasteiger partial charge in [0.15, 0.2) is 5.78 Å². The summed E-state index contributed by atoms with van der Waals surface area (Å²) in [5, 5.41) is 19.3. The minimum atomic E-state index is -0.197. The maximum absolute atomic E-state index is 11.5. The van der Waals surface area contributed by atoms with Crippen LogP contribution in [0.25, 0.3) is 0 Å². The van der Waals surface area contributed by atoms with Crippen LogP contribution in [-0.4, -0.2) is 22.6 Å². The zero-order chi connectivity index (χ0) is 15.9. The molecule has 4 heteroatoms. The molecule has 2 rings (SSSR count). The molecule has 0 aliphatic rings. The summed E-state index contributed by atoms with van der Waals surface area (Å²) in [4.78, 5) is 11.5. The number of benzene rings is 2. The van der Waals surface area contributed by atoms with E-state index in [4.69, 9.17) is 9.84 Å². The largest absolute Gasteiger partial charge is 0.507 e. The Morgan fingerprint density at radius 1 is 1.14 bits per heavy atom. The van der Waals surface area contributed by atoms with Gasteiger partial charge < -0.3 is 14.9 Å². The number of carbonyl (C=O) groups is 1. The molecular formula is C18H20O4. The van der Waals surface area contributed by atoms with Crippen LogP contribution in [0.5, 0.6) is 11.5 Å². The molecule has 0 saturated heterocycles. The van der Waals surface area contributed by atoms with Crippen LogP contribution in [0.1, 0.15) is 34.8 Å². The minimum absolute atomic E-state index is 0.0157. The van der Waals surface area contributed by atoms with E-state index in [0.717, 1.165) is 5.56 Å². The van der Waals surface area contributed by atoms with Crippen LogP contribution in [0.2, 0.25) is 0 Å². The van der Waals surface area contributed by atoms with Crippen molar-refractivity contribution in [3.8, 4) is 11.5 Å². The smallest absolute Gasteiger partial charge is 0.163 e. The molecule has 0 spiro atoms. The summed E-state index contributed by atoms with van der Waals surface area (Å²) in [7, 11) is 0. The van der Waals surface area contributed by atoms with Gasteiger partial charge in [0.2, 0.25) is 0 Å². The Balaban J connectivity index is 2.25. The molecule has 0 unspecified atom stereocenters. The Hall–Kier alpha value is -2.33. The van der Waals surface area contributed by atoms with Crippen molar-refractivity contribution in [2.75, 3.05) is 6.61 Å². The molecule has 0 heterocycles. The monoisotopic (exact) mass is 300 g/mol. The Bertz CT molecular complexity index is 635. The van der Waals surface area contributed by atoms with E-state index in [-0.39, 0.29) is 23.7 Å². The van der Waals surface area contributed by atoms with E-state index >= 15 is 0 Å². The fourth-order valence-electron chi connectivity index (χ4n) is 2.27. The van der Waals surface area contributed by atoms with Crippen LogP contribution in [0, 0.1) is 0 Å². The quantitative estimate of drug-likeness (QED) is 0.771. The molecule has 0 aromatic heterocycles. The van der Waals surface area contributed by atoms with Crippen LogP contribution in [-0.2, 0) is 13.0 Å². The molecule has 2 aromatic rings. The van der Waals surface area contributed by atoms with Gasteiger partial charge in [-0.2, -0.15) is 0 Å². The molecule has 0 amide bonds. The number of phenols is 1. The van der Waals surface area contributed by atoms with Gasteiger partial charge in [0.25, 0.3) is 0 Å². The Morgan fingerprint density at radius 3 is 2.50 bits per heavy atom. The fourth-order valence-corrected chi connectivity index (χ4v) is 2.27. The summed E-state index contributed by atoms with van der Waals surface area (Å²) in [6.45, 7) is 1.81. The zero-order valence-electron chi connectivity index (χ0n) is 12.6. The van der Waals surface area contributed by atoms with Gasteiger partial charge in [0, 0.05) is 12.2 Å². The first kappa shape index (κ1) is 16.0. The zero-order valence-corrected chi connectivity index (χ0v) is 12.6. The molecule has 0 saturated carbocycles. The highest BCUT2D eigenvalue weighted by atomic mass is 16.5. The molecule has 2 N–H and O–H groups in total. The normalized spacial score (nSPS) is 10.5. The molecule has 4 nitrogen and oxygen atoms in total. The second-order valence-corrected chi connectivity index (χ2v) is 5.10. The third kappa shape index (κ3) is 3.86. The second-order valence-electron chi connectivity index (χ2n) is 5.10. The number of carbonyl (C=O) groups excluding carboxylic acids is 1. The third-order valence-corrected chi connectivity index (χ3v) is 3.44. The van der Waals surface area contributed by atoms with E-state index in [1.807, 2.05) is 30.3 Å². The lowest BCUT2D eigenvalue weighted by molar-refractivity contribution is 0.101. The third-order valence-electron chi connectivity index (χ3n) is 3.44. The van der Waals surface area contributed by atoms with Crippen molar-refractivity contribution in [1.82, 2.24) is 0 Å². The van der Waals surface area contributed by atoms with E-state index in [0.29, 0.717) is 30.8 Å². The molecule has 116 valence electrons. The number of aromatic hydroxyl groups is 1. The van der Waals surface area contributed by atoms with Crippen molar-refractivity contribution in [3.63, 3.8) is 0 Å². The molecule has 0 fully saturated rings. The average molecular weight is 300 g/mol. The van der Waals surface area contributed by atoms with Crippen LogP contribution in [0.4, 0.5) is 0 Å². The van der Waals surface area contributed by atoms with Crippen molar-refractivity contribution in [3.05, 3.63) is 59.2 Å². The van der Waals surface area contributed by atoms with Gasteiger partial charge in [0.05, 0.1) is 5.56 Å². The summed E-state index contributed by atoms with van der Waals surface area (Å²) >= 11 is 0. The molecule has 0 aliphatic carbocycles. The first-order valence-electron chi connectivity index (χ1n) is 7.27. The lowest BCUT2D eigenvalue weighted by atomic mass is 10.0. The number of rotatable bonds is 7. The summed E-state index contributed by atoms with van der Waals surface area (Å²) in [6.07, 6.45) is 0.949. The van der Waals surface area contributed by atoms with E-state index in [1.54, 1.807) is 12.1 Å². The number of Topliss-reactive ketones (excluding diaryl/α,β-unsaturated/α-hetero) is 1. The predicted molar refractivity (Wildman–Crippen MR) is 84.3 cm³/mol. The maximum atomic E-state index is 11.5. The van der Waals surface area contributed by atoms with E-state index < -0.39 is 0 Å². The van der Waals surface area contributed by atoms with Crippen LogP contribution < -0.4 is 4.74 Å². The molecule has 0 atom stereocenters. The van der Waals surface area contributed by atoms with Gasteiger partial charge in [0.1, 0.15) is 18.1 Å². The van der Waals surface area contributed by atoms with Gasteiger partial charge in [-0.15, -0.1) is 0 Å². The van der Waals surface area contributed by atoms with Crippen LogP contribution in [0.15, 0.2) is 42.5 Å². The molecule has 0 radical (unpaired) electrons. The van der Waals surface area contributed by atoms with Gasteiger partial charge in [-0.3, -0.25) is 4.79 Å². The Morgan fingerprint density at radius 2 is 1.86 bits per heavy atom. The van der Waals surface area contributed by atoms with E-state index in [2.05, 4.69) is 0 Å². The van der Waals surface area contributed by atoms with Crippen molar-refractivity contribution in [1.29, 1.82) is 0 Å².